The molecule has 3 heteroatoms. The number of hydrogen-bond acceptors (Lipinski definition) is 2. The van der Waals surface area contributed by atoms with Gasteiger partial charge >= 0.3 is 0 Å². The van der Waals surface area contributed by atoms with Crippen LogP contribution in [0.4, 0.5) is 0 Å². The van der Waals surface area contributed by atoms with Crippen molar-refractivity contribution in [1.82, 2.24) is 4.90 Å². The molecule has 0 fully saturated rings. The molecule has 13 heavy (non-hydrogen) atoms. The van der Waals surface area contributed by atoms with Crippen LogP contribution < -0.4 is 0 Å². The van der Waals surface area contributed by atoms with Crippen LogP contribution in [0, 0.1) is 0 Å². The first-order valence-electron chi connectivity index (χ1n) is 5.07. The summed E-state index contributed by atoms with van der Waals surface area (Å²) in [7, 11) is 1.85. The normalized spacial score (nSPS) is 10.1. The van der Waals surface area contributed by atoms with Gasteiger partial charge in [-0.15, -0.1) is 0 Å². The van der Waals surface area contributed by atoms with Crippen molar-refractivity contribution in [1.29, 1.82) is 0 Å². The maximum absolute atomic E-state index is 11.4. The van der Waals surface area contributed by atoms with Gasteiger partial charge in [-0.05, 0) is 19.3 Å². The van der Waals surface area contributed by atoms with Crippen LogP contribution in [0.15, 0.2) is 0 Å². The Morgan fingerprint density at radius 1 is 1.31 bits per heavy atom. The summed E-state index contributed by atoms with van der Waals surface area (Å²) in [6, 6.07) is 0. The van der Waals surface area contributed by atoms with Gasteiger partial charge in [-0.3, -0.25) is 4.79 Å². The highest BCUT2D eigenvalue weighted by molar-refractivity contribution is 5.75. The van der Waals surface area contributed by atoms with Gasteiger partial charge in [0.1, 0.15) is 0 Å². The molecule has 0 radical (unpaired) electrons. The number of carbonyl (C=O) groups excluding carboxylic acids is 1. The molecule has 0 atom stereocenters. The Kier molecular flexibility index (Phi) is 7.69. The highest BCUT2D eigenvalue weighted by Crippen LogP contribution is 2.02. The van der Waals surface area contributed by atoms with Gasteiger partial charge in [-0.2, -0.15) is 0 Å². The van der Waals surface area contributed by atoms with Gasteiger partial charge in [0.25, 0.3) is 0 Å². The molecular formula is C10H21NO2. The van der Waals surface area contributed by atoms with E-state index in [-0.39, 0.29) is 12.5 Å². The third-order valence-electron chi connectivity index (χ3n) is 2.03. The fraction of sp³-hybridized carbons (Fsp3) is 0.900. The Hall–Kier alpha value is -0.570. The van der Waals surface area contributed by atoms with E-state index in [4.69, 9.17) is 5.11 Å². The van der Waals surface area contributed by atoms with Gasteiger partial charge in [0.05, 0.1) is 0 Å². The van der Waals surface area contributed by atoms with Crippen molar-refractivity contribution in [3.8, 4) is 0 Å². The van der Waals surface area contributed by atoms with Crippen LogP contribution in [0.25, 0.3) is 0 Å². The Bertz CT molecular complexity index is 137. The van der Waals surface area contributed by atoms with Crippen molar-refractivity contribution in [2.75, 3.05) is 20.2 Å². The second-order valence-electron chi connectivity index (χ2n) is 3.35. The van der Waals surface area contributed by atoms with Crippen molar-refractivity contribution in [3.05, 3.63) is 0 Å². The number of aliphatic hydroxyl groups excluding tert-OH is 1. The highest BCUT2D eigenvalue weighted by atomic mass is 16.2. The fourth-order valence-corrected chi connectivity index (χ4v) is 1.22. The lowest BCUT2D eigenvalue weighted by molar-refractivity contribution is -0.130. The minimum atomic E-state index is 0.222. The summed E-state index contributed by atoms with van der Waals surface area (Å²) in [5.41, 5.74) is 0. The molecule has 0 saturated heterocycles. The average Bonchev–Trinajstić information content (AvgIpc) is 2.12. The molecule has 0 aromatic carbocycles. The van der Waals surface area contributed by atoms with Crippen LogP contribution in [-0.4, -0.2) is 36.1 Å². The number of nitrogens with zero attached hydrogens (tertiary/aromatic N) is 1. The number of amides is 1. The van der Waals surface area contributed by atoms with Gasteiger partial charge in [-0.25, -0.2) is 0 Å². The van der Waals surface area contributed by atoms with Gasteiger partial charge < -0.3 is 10.0 Å². The first-order valence-corrected chi connectivity index (χ1v) is 5.07. The van der Waals surface area contributed by atoms with E-state index >= 15 is 0 Å². The van der Waals surface area contributed by atoms with Crippen LogP contribution in [0.5, 0.6) is 0 Å². The zero-order chi connectivity index (χ0) is 10.1. The first kappa shape index (κ1) is 12.4. The lowest BCUT2D eigenvalue weighted by Crippen LogP contribution is -2.26. The summed E-state index contributed by atoms with van der Waals surface area (Å²) >= 11 is 0. The summed E-state index contributed by atoms with van der Waals surface area (Å²) in [6.07, 6.45) is 4.29. The van der Waals surface area contributed by atoms with Crippen LogP contribution >= 0.6 is 0 Å². The van der Waals surface area contributed by atoms with Crippen LogP contribution in [0.2, 0.25) is 0 Å². The van der Waals surface area contributed by atoms with E-state index in [1.807, 2.05) is 7.05 Å². The van der Waals surface area contributed by atoms with Crippen molar-refractivity contribution in [2.24, 2.45) is 0 Å². The molecule has 0 unspecified atom stereocenters. The Morgan fingerprint density at radius 3 is 2.54 bits per heavy atom. The predicted molar refractivity (Wildman–Crippen MR) is 53.5 cm³/mol. The zero-order valence-electron chi connectivity index (χ0n) is 8.75. The summed E-state index contributed by atoms with van der Waals surface area (Å²) in [5, 5.41) is 8.53. The van der Waals surface area contributed by atoms with E-state index in [1.165, 1.54) is 0 Å². The Morgan fingerprint density at radius 2 is 2.00 bits per heavy atom. The standard InChI is InChI=1S/C10H21NO2/c1-3-8-11(2)10(13)7-5-4-6-9-12/h12H,3-9H2,1-2H3. The van der Waals surface area contributed by atoms with Crippen molar-refractivity contribution in [3.63, 3.8) is 0 Å². The summed E-state index contributed by atoms with van der Waals surface area (Å²) in [5.74, 6) is 0.222. The molecule has 78 valence electrons. The number of unbranched alkanes of at least 4 members (excludes halogenated alkanes) is 2. The average molecular weight is 187 g/mol. The van der Waals surface area contributed by atoms with Crippen LogP contribution in [0.3, 0.4) is 0 Å². The number of rotatable bonds is 7. The molecule has 0 aliphatic rings. The smallest absolute Gasteiger partial charge is 0.222 e. The van der Waals surface area contributed by atoms with E-state index in [9.17, 15) is 4.79 Å². The largest absolute Gasteiger partial charge is 0.396 e. The van der Waals surface area contributed by atoms with E-state index < -0.39 is 0 Å². The third-order valence-corrected chi connectivity index (χ3v) is 2.03. The minimum Gasteiger partial charge on any atom is -0.396 e. The molecule has 0 aliphatic heterocycles. The second kappa shape index (κ2) is 8.05. The number of aliphatic hydroxyl groups is 1. The molecule has 0 bridgehead atoms. The lowest BCUT2D eigenvalue weighted by atomic mass is 10.2. The zero-order valence-corrected chi connectivity index (χ0v) is 8.75. The Balaban J connectivity index is 3.38. The maximum Gasteiger partial charge on any atom is 0.222 e. The maximum atomic E-state index is 11.4. The van der Waals surface area contributed by atoms with Gasteiger partial charge in [-0.1, -0.05) is 13.3 Å². The van der Waals surface area contributed by atoms with Crippen molar-refractivity contribution in [2.45, 2.75) is 39.0 Å². The fourth-order valence-electron chi connectivity index (χ4n) is 1.22. The molecule has 3 nitrogen and oxygen atoms in total. The SMILES string of the molecule is CCCN(C)C(=O)CCCCCO. The molecule has 0 aromatic rings. The Labute approximate surface area is 80.7 Å². The minimum absolute atomic E-state index is 0.222. The molecule has 0 aliphatic carbocycles. The third kappa shape index (κ3) is 6.58. The molecular weight excluding hydrogens is 166 g/mol. The quantitative estimate of drug-likeness (QED) is 0.612. The summed E-state index contributed by atoms with van der Waals surface area (Å²) in [6.45, 7) is 3.15. The molecule has 0 heterocycles. The predicted octanol–water partition coefficient (Wildman–Crippen LogP) is 1.41. The number of carbonyl (C=O) groups is 1. The first-order chi connectivity index (χ1) is 6.22. The van der Waals surface area contributed by atoms with Crippen LogP contribution in [0.1, 0.15) is 39.0 Å². The van der Waals surface area contributed by atoms with E-state index in [0.717, 1.165) is 32.2 Å². The molecule has 1 N–H and O–H groups in total. The molecule has 1 amide bonds. The highest BCUT2D eigenvalue weighted by Gasteiger charge is 2.05. The molecule has 0 rings (SSSR count). The van der Waals surface area contributed by atoms with E-state index in [1.54, 1.807) is 4.90 Å². The molecule has 0 aromatic heterocycles. The van der Waals surface area contributed by atoms with E-state index in [0.29, 0.717) is 6.42 Å². The number of hydrogen-bond donors (Lipinski definition) is 1. The van der Waals surface area contributed by atoms with E-state index in [2.05, 4.69) is 6.92 Å². The van der Waals surface area contributed by atoms with Crippen molar-refractivity contribution >= 4 is 5.91 Å². The molecule has 0 spiro atoms. The lowest BCUT2D eigenvalue weighted by Gasteiger charge is -2.15. The van der Waals surface area contributed by atoms with Gasteiger partial charge in [0.2, 0.25) is 5.91 Å². The van der Waals surface area contributed by atoms with Gasteiger partial charge in [0.15, 0.2) is 0 Å². The van der Waals surface area contributed by atoms with Crippen LogP contribution in [-0.2, 0) is 4.79 Å². The van der Waals surface area contributed by atoms with Gasteiger partial charge in [0, 0.05) is 26.6 Å². The second-order valence-corrected chi connectivity index (χ2v) is 3.35. The summed E-state index contributed by atoms with van der Waals surface area (Å²) in [4.78, 5) is 13.1. The summed E-state index contributed by atoms with van der Waals surface area (Å²) < 4.78 is 0. The monoisotopic (exact) mass is 187 g/mol. The topological polar surface area (TPSA) is 40.5 Å². The molecule has 0 saturated carbocycles. The van der Waals surface area contributed by atoms with Crippen molar-refractivity contribution < 1.29 is 9.90 Å².